The number of benzene rings is 3. The van der Waals surface area contributed by atoms with Crippen molar-refractivity contribution in [2.75, 3.05) is 11.1 Å². The van der Waals surface area contributed by atoms with E-state index in [4.69, 9.17) is 5.73 Å². The lowest BCUT2D eigenvalue weighted by atomic mass is 9.95. The molecular formula is C29H25N3O3S. The summed E-state index contributed by atoms with van der Waals surface area (Å²) in [5, 5.41) is 6.22. The minimum absolute atomic E-state index is 0.140. The third-order valence-electron chi connectivity index (χ3n) is 7.01. The van der Waals surface area contributed by atoms with Crippen LogP contribution in [0.4, 0.5) is 5.69 Å². The van der Waals surface area contributed by atoms with E-state index in [-0.39, 0.29) is 11.5 Å². The Morgan fingerprint density at radius 1 is 0.972 bits per heavy atom. The number of nitrogens with zero attached hydrogens (tertiary/aromatic N) is 1. The van der Waals surface area contributed by atoms with Gasteiger partial charge < -0.3 is 11.1 Å². The van der Waals surface area contributed by atoms with Crippen LogP contribution in [0.1, 0.15) is 51.8 Å². The van der Waals surface area contributed by atoms with E-state index in [1.54, 1.807) is 46.7 Å². The molecule has 4 aromatic rings. The number of pyridine rings is 1. The number of hydrogen-bond donors (Lipinski definition) is 2. The molecule has 1 fully saturated rings. The van der Waals surface area contributed by atoms with Gasteiger partial charge in [-0.2, -0.15) is 0 Å². The summed E-state index contributed by atoms with van der Waals surface area (Å²) in [4.78, 5) is 37.9. The predicted octanol–water partition coefficient (Wildman–Crippen LogP) is 4.85. The van der Waals surface area contributed by atoms with Crippen LogP contribution in [0.5, 0.6) is 0 Å². The van der Waals surface area contributed by atoms with Gasteiger partial charge in [0.15, 0.2) is 0 Å². The van der Waals surface area contributed by atoms with Crippen LogP contribution in [0, 0.1) is 0 Å². The number of thioether (sulfide) groups is 1. The highest BCUT2D eigenvalue weighted by atomic mass is 32.2. The summed E-state index contributed by atoms with van der Waals surface area (Å²) < 4.78 is 1.68. The molecule has 2 heterocycles. The van der Waals surface area contributed by atoms with Gasteiger partial charge in [-0.25, -0.2) is 0 Å². The first-order valence-electron chi connectivity index (χ1n) is 12.1. The van der Waals surface area contributed by atoms with Gasteiger partial charge in [0.2, 0.25) is 11.8 Å². The zero-order valence-corrected chi connectivity index (χ0v) is 20.4. The molecule has 0 spiro atoms. The molecule has 7 heteroatoms. The number of aromatic nitrogens is 1. The number of rotatable bonds is 6. The number of carbonyl (C=O) groups is 2. The van der Waals surface area contributed by atoms with Gasteiger partial charge in [-0.1, -0.05) is 42.5 Å². The van der Waals surface area contributed by atoms with Crippen molar-refractivity contribution in [2.24, 2.45) is 5.73 Å². The fourth-order valence-electron chi connectivity index (χ4n) is 5.08. The lowest BCUT2D eigenvalue weighted by Crippen LogP contribution is -2.33. The molecule has 1 aromatic heterocycles. The van der Waals surface area contributed by atoms with Crippen molar-refractivity contribution in [3.8, 4) is 0 Å². The molecule has 3 aromatic carbocycles. The molecule has 1 aliphatic carbocycles. The number of fused-ring (bicyclic) bond motifs is 2. The molecule has 6 nitrogen and oxygen atoms in total. The number of nitrogens with two attached hydrogens (primary N) is 1. The molecule has 1 atom stereocenters. The number of hydrogen-bond acceptors (Lipinski definition) is 4. The van der Waals surface area contributed by atoms with Crippen LogP contribution in [0.2, 0.25) is 0 Å². The molecule has 2 aliphatic rings. The van der Waals surface area contributed by atoms with Crippen molar-refractivity contribution < 1.29 is 9.59 Å². The first-order chi connectivity index (χ1) is 17.5. The second-order valence-electron chi connectivity index (χ2n) is 9.44. The average molecular weight is 496 g/mol. The summed E-state index contributed by atoms with van der Waals surface area (Å²) in [5.41, 5.74) is 9.60. The van der Waals surface area contributed by atoms with Gasteiger partial charge in [-0.3, -0.25) is 19.0 Å². The molecule has 0 bridgehead atoms. The van der Waals surface area contributed by atoms with Crippen molar-refractivity contribution in [3.63, 3.8) is 0 Å². The van der Waals surface area contributed by atoms with Gasteiger partial charge in [0.1, 0.15) is 6.04 Å². The van der Waals surface area contributed by atoms with E-state index in [9.17, 15) is 14.4 Å². The minimum Gasteiger partial charge on any atom is -0.366 e. The van der Waals surface area contributed by atoms with Crippen molar-refractivity contribution in [2.45, 2.75) is 36.2 Å². The van der Waals surface area contributed by atoms with Crippen LogP contribution >= 0.6 is 11.8 Å². The molecule has 0 radical (unpaired) electrons. The Kier molecular flexibility index (Phi) is 5.64. The molecule has 180 valence electrons. The molecule has 0 saturated heterocycles. The number of amides is 2. The summed E-state index contributed by atoms with van der Waals surface area (Å²) in [6.07, 6.45) is 2.91. The molecular weight excluding hydrogens is 470 g/mol. The van der Waals surface area contributed by atoms with Gasteiger partial charge >= 0.3 is 0 Å². The van der Waals surface area contributed by atoms with Crippen molar-refractivity contribution >= 4 is 40.0 Å². The van der Waals surface area contributed by atoms with Gasteiger partial charge in [-0.15, -0.1) is 11.8 Å². The van der Waals surface area contributed by atoms with Crippen LogP contribution < -0.4 is 16.6 Å². The van der Waals surface area contributed by atoms with E-state index >= 15 is 0 Å². The summed E-state index contributed by atoms with van der Waals surface area (Å²) in [5.74, 6) is 0.191. The predicted molar refractivity (Wildman–Crippen MR) is 143 cm³/mol. The third kappa shape index (κ3) is 4.09. The van der Waals surface area contributed by atoms with E-state index in [0.29, 0.717) is 29.3 Å². The Morgan fingerprint density at radius 3 is 2.47 bits per heavy atom. The Balaban J connectivity index is 1.33. The smallest absolute Gasteiger partial charge is 0.252 e. The number of carbonyl (C=O) groups excluding carboxylic acids is 2. The highest BCUT2D eigenvalue weighted by Crippen LogP contribution is 2.48. The SMILES string of the molecule is NC(=O)c1ccc(NC(=O)C2CSc3c(C4CC4)c(Cc4cccc5ccccc45)cc(=O)n32)cc1. The van der Waals surface area contributed by atoms with Crippen LogP contribution in [-0.4, -0.2) is 22.1 Å². The highest BCUT2D eigenvalue weighted by Gasteiger charge is 2.37. The Labute approximate surface area is 212 Å². The largest absolute Gasteiger partial charge is 0.366 e. The average Bonchev–Trinajstić information content (AvgIpc) is 3.61. The van der Waals surface area contributed by atoms with E-state index < -0.39 is 11.9 Å². The van der Waals surface area contributed by atoms with Crippen LogP contribution in [0.15, 0.2) is 82.6 Å². The Morgan fingerprint density at radius 2 is 1.72 bits per heavy atom. The van der Waals surface area contributed by atoms with E-state index in [0.717, 1.165) is 23.4 Å². The van der Waals surface area contributed by atoms with Crippen LogP contribution in [-0.2, 0) is 11.2 Å². The first kappa shape index (κ1) is 22.6. The fraction of sp³-hybridized carbons (Fsp3) is 0.207. The normalized spacial score (nSPS) is 16.6. The maximum Gasteiger partial charge on any atom is 0.252 e. The van der Waals surface area contributed by atoms with Gasteiger partial charge in [0.25, 0.3) is 5.56 Å². The zero-order valence-electron chi connectivity index (χ0n) is 19.6. The van der Waals surface area contributed by atoms with E-state index in [1.165, 1.54) is 21.9 Å². The molecule has 1 unspecified atom stereocenters. The standard InChI is InChI=1S/C29H25N3O3S/c30-27(34)19-10-12-22(13-11-19)31-28(35)24-16-36-29-26(18-8-9-18)21(15-25(33)32(24)29)14-20-6-3-5-17-4-1-2-7-23(17)20/h1-7,10-13,15,18,24H,8-9,14,16H2,(H2,30,34)(H,31,35). The summed E-state index contributed by atoms with van der Waals surface area (Å²) >= 11 is 1.60. The quantitative estimate of drug-likeness (QED) is 0.400. The lowest BCUT2D eigenvalue weighted by molar-refractivity contribution is -0.118. The number of anilines is 1. The van der Waals surface area contributed by atoms with Gasteiger partial charge in [0.05, 0.1) is 5.03 Å². The maximum absolute atomic E-state index is 13.4. The van der Waals surface area contributed by atoms with Crippen LogP contribution in [0.25, 0.3) is 10.8 Å². The zero-order chi connectivity index (χ0) is 24.8. The summed E-state index contributed by atoms with van der Waals surface area (Å²) in [6, 6.07) is 22.2. The monoisotopic (exact) mass is 495 g/mol. The van der Waals surface area contributed by atoms with Gasteiger partial charge in [-0.05, 0) is 76.9 Å². The van der Waals surface area contributed by atoms with Gasteiger partial charge in [0, 0.05) is 23.1 Å². The first-order valence-corrected chi connectivity index (χ1v) is 13.1. The molecule has 1 aliphatic heterocycles. The van der Waals surface area contributed by atoms with Crippen LogP contribution in [0.3, 0.4) is 0 Å². The van der Waals surface area contributed by atoms with E-state index in [2.05, 4.69) is 35.6 Å². The second kappa shape index (κ2) is 8.99. The molecule has 3 N–H and O–H groups in total. The minimum atomic E-state index is -0.586. The summed E-state index contributed by atoms with van der Waals surface area (Å²) in [6.45, 7) is 0. The molecule has 6 rings (SSSR count). The second-order valence-corrected chi connectivity index (χ2v) is 10.5. The number of primary amides is 1. The highest BCUT2D eigenvalue weighted by molar-refractivity contribution is 7.99. The lowest BCUT2D eigenvalue weighted by Gasteiger charge is -2.18. The third-order valence-corrected chi connectivity index (χ3v) is 8.18. The maximum atomic E-state index is 13.4. The molecule has 2 amide bonds. The summed E-state index contributed by atoms with van der Waals surface area (Å²) in [7, 11) is 0. The Hall–Kier alpha value is -3.84. The molecule has 36 heavy (non-hydrogen) atoms. The van der Waals surface area contributed by atoms with Crippen molar-refractivity contribution in [1.82, 2.24) is 4.57 Å². The Bertz CT molecular complexity index is 1570. The van der Waals surface area contributed by atoms with Crippen molar-refractivity contribution in [1.29, 1.82) is 0 Å². The van der Waals surface area contributed by atoms with E-state index in [1.807, 2.05) is 12.1 Å². The fourth-order valence-corrected chi connectivity index (χ4v) is 6.51. The van der Waals surface area contributed by atoms with Crippen molar-refractivity contribution in [3.05, 3.63) is 105 Å². The topological polar surface area (TPSA) is 94.2 Å². The number of nitrogens with one attached hydrogen (secondary N) is 1. The molecule has 1 saturated carbocycles.